The SMILES string of the molecule is CC1NC(=O)C2(CCCC2)N(Cc2cnn(C)c2)C1=O. The summed E-state index contributed by atoms with van der Waals surface area (Å²) in [6, 6.07) is -0.439. The minimum absolute atomic E-state index is 0.00555. The Morgan fingerprint density at radius 2 is 2.10 bits per heavy atom. The lowest BCUT2D eigenvalue weighted by Crippen LogP contribution is -2.68. The molecule has 2 heterocycles. The molecule has 1 unspecified atom stereocenters. The minimum Gasteiger partial charge on any atom is -0.343 e. The molecule has 108 valence electrons. The van der Waals surface area contributed by atoms with Gasteiger partial charge in [-0.2, -0.15) is 5.10 Å². The van der Waals surface area contributed by atoms with Crippen molar-refractivity contribution in [3.8, 4) is 0 Å². The summed E-state index contributed by atoms with van der Waals surface area (Å²) in [6.07, 6.45) is 7.17. The van der Waals surface area contributed by atoms with Crippen LogP contribution in [0, 0.1) is 0 Å². The normalized spacial score (nSPS) is 25.3. The second-order valence-electron chi connectivity index (χ2n) is 5.88. The highest BCUT2D eigenvalue weighted by molar-refractivity contribution is 5.99. The highest BCUT2D eigenvalue weighted by Gasteiger charge is 2.52. The van der Waals surface area contributed by atoms with Gasteiger partial charge in [0.05, 0.1) is 6.20 Å². The zero-order chi connectivity index (χ0) is 14.3. The van der Waals surface area contributed by atoms with Crippen LogP contribution in [0.2, 0.25) is 0 Å². The van der Waals surface area contributed by atoms with Gasteiger partial charge in [-0.25, -0.2) is 0 Å². The number of aromatic nitrogens is 2. The molecule has 1 N–H and O–H groups in total. The van der Waals surface area contributed by atoms with Crippen molar-refractivity contribution in [2.45, 2.75) is 50.7 Å². The number of carbonyl (C=O) groups excluding carboxylic acids is 2. The first kappa shape index (κ1) is 13.1. The largest absolute Gasteiger partial charge is 0.343 e. The molecule has 1 saturated heterocycles. The van der Waals surface area contributed by atoms with Crippen molar-refractivity contribution >= 4 is 11.8 Å². The Hall–Kier alpha value is -1.85. The summed E-state index contributed by atoms with van der Waals surface area (Å²) in [5.74, 6) is 0.0151. The molecule has 0 radical (unpaired) electrons. The number of piperazine rings is 1. The van der Waals surface area contributed by atoms with Gasteiger partial charge in [0.15, 0.2) is 0 Å². The fourth-order valence-corrected chi connectivity index (χ4v) is 3.38. The number of carbonyl (C=O) groups is 2. The standard InChI is InChI=1S/C14H20N4O2/c1-10-12(19)18(9-11-7-15-17(2)8-11)14(13(20)16-10)5-3-4-6-14/h7-8,10H,3-6,9H2,1-2H3,(H,16,20). The molecule has 20 heavy (non-hydrogen) atoms. The molecule has 2 aliphatic rings. The van der Waals surface area contributed by atoms with Gasteiger partial charge in [0.25, 0.3) is 0 Å². The third kappa shape index (κ3) is 1.90. The fourth-order valence-electron chi connectivity index (χ4n) is 3.38. The predicted molar refractivity (Wildman–Crippen MR) is 72.6 cm³/mol. The number of hydrogen-bond donors (Lipinski definition) is 1. The molecule has 1 spiro atoms. The summed E-state index contributed by atoms with van der Waals surface area (Å²) in [5.41, 5.74) is 0.327. The maximum absolute atomic E-state index is 12.5. The molecule has 2 fully saturated rings. The van der Waals surface area contributed by atoms with E-state index in [1.54, 1.807) is 22.7 Å². The second-order valence-corrected chi connectivity index (χ2v) is 5.88. The van der Waals surface area contributed by atoms with E-state index in [0.29, 0.717) is 6.54 Å². The smallest absolute Gasteiger partial charge is 0.246 e. The molecule has 6 heteroatoms. The van der Waals surface area contributed by atoms with Crippen LogP contribution in [0.4, 0.5) is 0 Å². The molecule has 1 saturated carbocycles. The first-order chi connectivity index (χ1) is 9.53. The van der Waals surface area contributed by atoms with Gasteiger partial charge < -0.3 is 10.2 Å². The first-order valence-corrected chi connectivity index (χ1v) is 7.13. The molecule has 1 aliphatic carbocycles. The average Bonchev–Trinajstić information content (AvgIpc) is 3.03. The van der Waals surface area contributed by atoms with Gasteiger partial charge in [-0.3, -0.25) is 14.3 Å². The van der Waals surface area contributed by atoms with E-state index in [4.69, 9.17) is 0 Å². The molecule has 1 aliphatic heterocycles. The van der Waals surface area contributed by atoms with Crippen LogP contribution in [0.1, 0.15) is 38.2 Å². The number of hydrogen-bond acceptors (Lipinski definition) is 3. The molecule has 0 aromatic carbocycles. The van der Waals surface area contributed by atoms with Gasteiger partial charge in [0.2, 0.25) is 11.8 Å². The lowest BCUT2D eigenvalue weighted by atomic mass is 9.89. The molecule has 1 aromatic heterocycles. The molecular formula is C14H20N4O2. The van der Waals surface area contributed by atoms with Crippen LogP contribution in [0.25, 0.3) is 0 Å². The summed E-state index contributed by atoms with van der Waals surface area (Å²) < 4.78 is 1.72. The fraction of sp³-hybridized carbons (Fsp3) is 0.643. The molecule has 6 nitrogen and oxygen atoms in total. The molecule has 2 amide bonds. The van der Waals surface area contributed by atoms with E-state index in [9.17, 15) is 9.59 Å². The quantitative estimate of drug-likeness (QED) is 0.859. The van der Waals surface area contributed by atoms with Crippen molar-refractivity contribution < 1.29 is 9.59 Å². The van der Waals surface area contributed by atoms with Crippen molar-refractivity contribution in [3.63, 3.8) is 0 Å². The average molecular weight is 276 g/mol. The Kier molecular flexibility index (Phi) is 3.03. The maximum atomic E-state index is 12.5. The van der Waals surface area contributed by atoms with Crippen LogP contribution in [-0.2, 0) is 23.2 Å². The second kappa shape index (κ2) is 4.61. The third-order valence-corrected chi connectivity index (χ3v) is 4.45. The molecule has 1 aromatic rings. The number of aryl methyl sites for hydroxylation is 1. The monoisotopic (exact) mass is 276 g/mol. The highest BCUT2D eigenvalue weighted by Crippen LogP contribution is 2.38. The van der Waals surface area contributed by atoms with Crippen LogP contribution < -0.4 is 5.32 Å². The zero-order valence-corrected chi connectivity index (χ0v) is 11.9. The van der Waals surface area contributed by atoms with E-state index >= 15 is 0 Å². The van der Waals surface area contributed by atoms with Crippen LogP contribution in [0.15, 0.2) is 12.4 Å². The lowest BCUT2D eigenvalue weighted by Gasteiger charge is -2.45. The van der Waals surface area contributed by atoms with Crippen LogP contribution >= 0.6 is 0 Å². The van der Waals surface area contributed by atoms with Crippen molar-refractivity contribution in [2.75, 3.05) is 0 Å². The van der Waals surface area contributed by atoms with E-state index in [1.807, 2.05) is 13.2 Å². The topological polar surface area (TPSA) is 67.2 Å². The Bertz CT molecular complexity index is 545. The molecule has 0 bridgehead atoms. The van der Waals surface area contributed by atoms with Crippen molar-refractivity contribution in [1.29, 1.82) is 0 Å². The van der Waals surface area contributed by atoms with Gasteiger partial charge in [-0.05, 0) is 19.8 Å². The molecule has 3 rings (SSSR count). The highest BCUT2D eigenvalue weighted by atomic mass is 16.2. The Balaban J connectivity index is 1.93. The van der Waals surface area contributed by atoms with Gasteiger partial charge in [-0.1, -0.05) is 12.8 Å². The van der Waals surface area contributed by atoms with Gasteiger partial charge in [0, 0.05) is 25.4 Å². The van der Waals surface area contributed by atoms with E-state index in [0.717, 1.165) is 31.2 Å². The lowest BCUT2D eigenvalue weighted by molar-refractivity contribution is -0.157. The van der Waals surface area contributed by atoms with Gasteiger partial charge in [0.1, 0.15) is 11.6 Å². The third-order valence-electron chi connectivity index (χ3n) is 4.45. The van der Waals surface area contributed by atoms with E-state index in [1.165, 1.54) is 0 Å². The first-order valence-electron chi connectivity index (χ1n) is 7.13. The van der Waals surface area contributed by atoms with Gasteiger partial charge >= 0.3 is 0 Å². The minimum atomic E-state index is -0.639. The van der Waals surface area contributed by atoms with Crippen molar-refractivity contribution in [1.82, 2.24) is 20.0 Å². The van der Waals surface area contributed by atoms with Crippen molar-refractivity contribution in [3.05, 3.63) is 18.0 Å². The van der Waals surface area contributed by atoms with Crippen LogP contribution in [-0.4, -0.2) is 38.1 Å². The summed E-state index contributed by atoms with van der Waals surface area (Å²) in [7, 11) is 1.85. The van der Waals surface area contributed by atoms with E-state index in [-0.39, 0.29) is 11.8 Å². The summed E-state index contributed by atoms with van der Waals surface area (Å²) in [6.45, 7) is 2.21. The predicted octanol–water partition coefficient (Wildman–Crippen LogP) is 0.580. The number of nitrogens with zero attached hydrogens (tertiary/aromatic N) is 3. The number of nitrogens with one attached hydrogen (secondary N) is 1. The van der Waals surface area contributed by atoms with Crippen molar-refractivity contribution in [2.24, 2.45) is 7.05 Å². The number of amides is 2. The Morgan fingerprint density at radius 1 is 1.40 bits per heavy atom. The van der Waals surface area contributed by atoms with E-state index in [2.05, 4.69) is 10.4 Å². The summed E-state index contributed by atoms with van der Waals surface area (Å²) in [5, 5.41) is 6.97. The Labute approximate surface area is 118 Å². The summed E-state index contributed by atoms with van der Waals surface area (Å²) >= 11 is 0. The number of rotatable bonds is 2. The molecule has 1 atom stereocenters. The Morgan fingerprint density at radius 3 is 2.70 bits per heavy atom. The van der Waals surface area contributed by atoms with Crippen LogP contribution in [0.5, 0.6) is 0 Å². The van der Waals surface area contributed by atoms with Gasteiger partial charge in [-0.15, -0.1) is 0 Å². The molecular weight excluding hydrogens is 256 g/mol. The van der Waals surface area contributed by atoms with Crippen LogP contribution in [0.3, 0.4) is 0 Å². The maximum Gasteiger partial charge on any atom is 0.246 e. The zero-order valence-electron chi connectivity index (χ0n) is 11.9. The summed E-state index contributed by atoms with van der Waals surface area (Å²) in [4.78, 5) is 26.8. The van der Waals surface area contributed by atoms with E-state index < -0.39 is 11.6 Å².